The molecule has 0 N–H and O–H groups in total. The standard InChI is InChI=1S/C27H25F5N2/c1-25(29,27(30,31)32)20-8-11-22-19(16-20)7-12-23-26(22,17-18-5-9-21(28)10-6-18)13-15-34(23)24-4-2-3-14-33-24/h2-6,8-11,14,16,23H,7,12-13,15,17H2,1H3/t23-,25?,26-/m1/s1. The van der Waals surface area contributed by atoms with Gasteiger partial charge in [-0.15, -0.1) is 0 Å². The van der Waals surface area contributed by atoms with Crippen LogP contribution < -0.4 is 4.90 Å². The van der Waals surface area contributed by atoms with Gasteiger partial charge in [0.1, 0.15) is 11.6 Å². The third-order valence-electron chi connectivity index (χ3n) is 7.59. The number of aryl methyl sites for hydroxylation is 1. The molecule has 0 saturated carbocycles. The highest BCUT2D eigenvalue weighted by molar-refractivity contribution is 5.52. The molecule has 0 radical (unpaired) electrons. The van der Waals surface area contributed by atoms with Crippen LogP contribution in [0.4, 0.5) is 27.8 Å². The number of rotatable bonds is 4. The van der Waals surface area contributed by atoms with Crippen molar-refractivity contribution in [1.82, 2.24) is 4.98 Å². The first-order chi connectivity index (χ1) is 16.1. The molecule has 1 saturated heterocycles. The van der Waals surface area contributed by atoms with Crippen molar-refractivity contribution in [3.63, 3.8) is 0 Å². The minimum atomic E-state index is -4.99. The van der Waals surface area contributed by atoms with Crippen molar-refractivity contribution in [3.05, 3.63) is 94.9 Å². The van der Waals surface area contributed by atoms with Crippen LogP contribution in [0.15, 0.2) is 66.9 Å². The molecule has 3 atom stereocenters. The number of aromatic nitrogens is 1. The zero-order valence-electron chi connectivity index (χ0n) is 18.7. The maximum Gasteiger partial charge on any atom is 0.426 e. The average molecular weight is 473 g/mol. The van der Waals surface area contributed by atoms with E-state index in [0.29, 0.717) is 26.2 Å². The summed E-state index contributed by atoms with van der Waals surface area (Å²) in [7, 11) is 0. The number of hydrogen-bond donors (Lipinski definition) is 0. The van der Waals surface area contributed by atoms with E-state index in [0.717, 1.165) is 35.5 Å². The highest BCUT2D eigenvalue weighted by Gasteiger charge is 2.55. The second-order valence-corrected chi connectivity index (χ2v) is 9.52. The lowest BCUT2D eigenvalue weighted by Crippen LogP contribution is -2.48. The van der Waals surface area contributed by atoms with Gasteiger partial charge in [0.15, 0.2) is 0 Å². The van der Waals surface area contributed by atoms with Gasteiger partial charge in [0.05, 0.1) is 0 Å². The fourth-order valence-corrected chi connectivity index (χ4v) is 5.79. The van der Waals surface area contributed by atoms with Gasteiger partial charge in [-0.2, -0.15) is 13.2 Å². The minimum Gasteiger partial charge on any atom is -0.353 e. The van der Waals surface area contributed by atoms with E-state index < -0.39 is 17.3 Å². The molecule has 34 heavy (non-hydrogen) atoms. The Kier molecular flexibility index (Phi) is 5.41. The van der Waals surface area contributed by atoms with Gasteiger partial charge in [0, 0.05) is 24.2 Å². The first-order valence-corrected chi connectivity index (χ1v) is 11.4. The lowest BCUT2D eigenvalue weighted by atomic mass is 9.63. The van der Waals surface area contributed by atoms with Crippen LogP contribution in [0.5, 0.6) is 0 Å². The first-order valence-electron chi connectivity index (χ1n) is 11.4. The summed E-state index contributed by atoms with van der Waals surface area (Å²) in [6.07, 6.45) is -0.603. The van der Waals surface area contributed by atoms with Crippen LogP contribution in [0.3, 0.4) is 0 Å². The second kappa shape index (κ2) is 8.07. The number of nitrogens with zero attached hydrogens (tertiary/aromatic N) is 2. The number of fused-ring (bicyclic) bond motifs is 3. The molecule has 1 fully saturated rings. The molecule has 1 aliphatic carbocycles. The Labute approximate surface area is 195 Å². The van der Waals surface area contributed by atoms with E-state index in [1.807, 2.05) is 18.2 Å². The summed E-state index contributed by atoms with van der Waals surface area (Å²) in [5, 5.41) is 0. The fraction of sp³-hybridized carbons (Fsp3) is 0.370. The van der Waals surface area contributed by atoms with E-state index in [2.05, 4.69) is 9.88 Å². The van der Waals surface area contributed by atoms with Crippen molar-refractivity contribution >= 4 is 5.82 Å². The van der Waals surface area contributed by atoms with Crippen molar-refractivity contribution in [1.29, 1.82) is 0 Å². The molecule has 178 valence electrons. The maximum absolute atomic E-state index is 14.8. The number of hydrogen-bond acceptors (Lipinski definition) is 2. The molecule has 0 bridgehead atoms. The Balaban J connectivity index is 1.60. The SMILES string of the molecule is CC(F)(c1ccc2c(c1)CC[C@H]1N(c3ccccn3)CC[C@@]21Cc1ccc(F)cc1)C(F)(F)F. The molecule has 2 nitrogen and oxygen atoms in total. The van der Waals surface area contributed by atoms with E-state index in [9.17, 15) is 22.0 Å². The Morgan fingerprint density at radius 1 is 1.03 bits per heavy atom. The summed E-state index contributed by atoms with van der Waals surface area (Å²) in [6, 6.07) is 16.6. The van der Waals surface area contributed by atoms with Crippen LogP contribution in [-0.2, 0) is 23.9 Å². The highest BCUT2D eigenvalue weighted by atomic mass is 19.4. The summed E-state index contributed by atoms with van der Waals surface area (Å²) in [5.74, 6) is 0.546. The Bertz CT molecular complexity index is 1170. The molecule has 5 rings (SSSR count). The van der Waals surface area contributed by atoms with Gasteiger partial charge >= 0.3 is 6.18 Å². The largest absolute Gasteiger partial charge is 0.426 e. The molecule has 0 spiro atoms. The number of alkyl halides is 4. The molecule has 1 aromatic heterocycles. The molecule has 2 heterocycles. The van der Waals surface area contributed by atoms with E-state index in [1.165, 1.54) is 24.3 Å². The number of pyridine rings is 1. The van der Waals surface area contributed by atoms with Gasteiger partial charge in [-0.1, -0.05) is 36.4 Å². The Hall–Kier alpha value is -2.96. The lowest BCUT2D eigenvalue weighted by Gasteiger charge is -2.44. The summed E-state index contributed by atoms with van der Waals surface area (Å²) < 4.78 is 68.5. The summed E-state index contributed by atoms with van der Waals surface area (Å²) >= 11 is 0. The monoisotopic (exact) mass is 472 g/mol. The Morgan fingerprint density at radius 3 is 2.47 bits per heavy atom. The second-order valence-electron chi connectivity index (χ2n) is 9.52. The number of anilines is 1. The summed E-state index contributed by atoms with van der Waals surface area (Å²) in [5.41, 5.74) is -1.52. The topological polar surface area (TPSA) is 16.1 Å². The third-order valence-corrected chi connectivity index (χ3v) is 7.59. The van der Waals surface area contributed by atoms with Crippen LogP contribution in [0, 0.1) is 5.82 Å². The van der Waals surface area contributed by atoms with Gasteiger partial charge in [0.25, 0.3) is 0 Å². The van der Waals surface area contributed by atoms with Crippen LogP contribution in [0.25, 0.3) is 0 Å². The van der Waals surface area contributed by atoms with Crippen LogP contribution in [0.2, 0.25) is 0 Å². The fourth-order valence-electron chi connectivity index (χ4n) is 5.79. The Morgan fingerprint density at radius 2 is 1.79 bits per heavy atom. The number of halogens is 5. The molecule has 7 heteroatoms. The van der Waals surface area contributed by atoms with E-state index in [-0.39, 0.29) is 17.4 Å². The summed E-state index contributed by atoms with van der Waals surface area (Å²) in [6.45, 7) is 1.32. The smallest absolute Gasteiger partial charge is 0.353 e. The molecule has 1 aliphatic heterocycles. The maximum atomic E-state index is 14.8. The van der Waals surface area contributed by atoms with Gasteiger partial charge in [-0.25, -0.2) is 13.8 Å². The van der Waals surface area contributed by atoms with Crippen molar-refractivity contribution in [2.24, 2.45) is 0 Å². The van der Waals surface area contributed by atoms with E-state index in [4.69, 9.17) is 0 Å². The van der Waals surface area contributed by atoms with Crippen LogP contribution in [0.1, 0.15) is 42.0 Å². The van der Waals surface area contributed by atoms with Gasteiger partial charge in [-0.05, 0) is 79.1 Å². The van der Waals surface area contributed by atoms with Gasteiger partial charge in [0.2, 0.25) is 5.67 Å². The number of benzene rings is 2. The van der Waals surface area contributed by atoms with Crippen molar-refractivity contribution in [2.75, 3.05) is 11.4 Å². The highest BCUT2D eigenvalue weighted by Crippen LogP contribution is 2.51. The predicted octanol–water partition coefficient (Wildman–Crippen LogP) is 6.67. The van der Waals surface area contributed by atoms with Crippen molar-refractivity contribution < 1.29 is 22.0 Å². The molecule has 2 aromatic carbocycles. The van der Waals surface area contributed by atoms with Crippen molar-refractivity contribution in [2.45, 2.75) is 55.9 Å². The van der Waals surface area contributed by atoms with Gasteiger partial charge < -0.3 is 4.90 Å². The average Bonchev–Trinajstić information content (AvgIpc) is 3.19. The summed E-state index contributed by atoms with van der Waals surface area (Å²) in [4.78, 5) is 6.81. The quantitative estimate of drug-likeness (QED) is 0.394. The molecular formula is C27H25F5N2. The normalized spacial score (nSPS) is 23.8. The molecule has 1 unspecified atom stereocenters. The molecular weight excluding hydrogens is 447 g/mol. The molecule has 3 aromatic rings. The third kappa shape index (κ3) is 3.65. The zero-order valence-corrected chi connectivity index (χ0v) is 18.7. The van der Waals surface area contributed by atoms with Crippen molar-refractivity contribution in [3.8, 4) is 0 Å². The molecule has 2 aliphatic rings. The minimum absolute atomic E-state index is 0.0742. The molecule has 0 amide bonds. The first kappa shape index (κ1) is 22.8. The van der Waals surface area contributed by atoms with E-state index >= 15 is 0 Å². The van der Waals surface area contributed by atoms with E-state index in [1.54, 1.807) is 24.4 Å². The zero-order chi connectivity index (χ0) is 24.1. The van der Waals surface area contributed by atoms with Crippen LogP contribution >= 0.6 is 0 Å². The van der Waals surface area contributed by atoms with Gasteiger partial charge in [-0.3, -0.25) is 0 Å². The van der Waals surface area contributed by atoms with Crippen LogP contribution in [-0.4, -0.2) is 23.7 Å². The predicted molar refractivity (Wildman–Crippen MR) is 121 cm³/mol. The lowest BCUT2D eigenvalue weighted by molar-refractivity contribution is -0.228.